The zero-order valence-electron chi connectivity index (χ0n) is 18.8. The van der Waals surface area contributed by atoms with Gasteiger partial charge in [-0.1, -0.05) is 42.5 Å². The predicted molar refractivity (Wildman–Crippen MR) is 123 cm³/mol. The summed E-state index contributed by atoms with van der Waals surface area (Å²) in [5.74, 6) is 0.819. The Labute approximate surface area is 189 Å². The summed E-state index contributed by atoms with van der Waals surface area (Å²) in [5.41, 5.74) is 3.09. The zero-order chi connectivity index (χ0) is 22.5. The largest absolute Gasteiger partial charge is 0.497 e. The first kappa shape index (κ1) is 22.1. The molecular weight excluding hydrogens is 404 g/mol. The lowest BCUT2D eigenvalue weighted by molar-refractivity contribution is -0.138. The summed E-state index contributed by atoms with van der Waals surface area (Å²) in [5, 5.41) is 0. The van der Waals surface area contributed by atoms with Gasteiger partial charge in [-0.15, -0.1) is 0 Å². The number of piperidine rings is 1. The lowest BCUT2D eigenvalue weighted by Crippen LogP contribution is -2.40. The van der Waals surface area contributed by atoms with E-state index < -0.39 is 0 Å². The van der Waals surface area contributed by atoms with Crippen molar-refractivity contribution in [1.82, 2.24) is 9.80 Å². The van der Waals surface area contributed by atoms with Crippen LogP contribution in [-0.2, 0) is 20.7 Å². The monoisotopic (exact) mass is 434 g/mol. The van der Waals surface area contributed by atoms with Gasteiger partial charge >= 0.3 is 0 Å². The zero-order valence-corrected chi connectivity index (χ0v) is 18.8. The standard InChI is InChI=1S/C26H30N2O4/c1-31-17-16-28-25(29)23(21-8-10-22(32-2)11-9-21)24(26(28)30)27-14-12-20(13-15-27)18-19-6-4-3-5-7-19/h3-11,20H,12-18H2,1-2H3. The highest BCUT2D eigenvalue weighted by molar-refractivity contribution is 6.35. The number of amides is 2. The summed E-state index contributed by atoms with van der Waals surface area (Å²) in [6, 6.07) is 17.9. The molecule has 2 aliphatic heterocycles. The number of hydrogen-bond donors (Lipinski definition) is 0. The van der Waals surface area contributed by atoms with Gasteiger partial charge in [0.25, 0.3) is 11.8 Å². The molecule has 6 nitrogen and oxygen atoms in total. The number of nitrogens with zero attached hydrogens (tertiary/aromatic N) is 2. The van der Waals surface area contributed by atoms with E-state index >= 15 is 0 Å². The second-order valence-corrected chi connectivity index (χ2v) is 8.33. The minimum Gasteiger partial charge on any atom is -0.497 e. The van der Waals surface area contributed by atoms with E-state index in [1.807, 2.05) is 30.3 Å². The Morgan fingerprint density at radius 2 is 1.59 bits per heavy atom. The first-order chi connectivity index (χ1) is 15.6. The van der Waals surface area contributed by atoms with E-state index in [-0.39, 0.29) is 18.4 Å². The summed E-state index contributed by atoms with van der Waals surface area (Å²) in [6.45, 7) is 2.11. The number of carbonyl (C=O) groups is 2. The third kappa shape index (κ3) is 4.55. The minimum atomic E-state index is -0.251. The van der Waals surface area contributed by atoms with Crippen molar-refractivity contribution in [3.8, 4) is 5.75 Å². The normalized spacial score (nSPS) is 17.4. The van der Waals surface area contributed by atoms with Crippen LogP contribution in [0.3, 0.4) is 0 Å². The molecule has 2 amide bonds. The molecule has 1 saturated heterocycles. The van der Waals surface area contributed by atoms with Crippen molar-refractivity contribution in [3.63, 3.8) is 0 Å². The summed E-state index contributed by atoms with van der Waals surface area (Å²) in [6.07, 6.45) is 3.04. The Bertz CT molecular complexity index is 977. The van der Waals surface area contributed by atoms with Crippen molar-refractivity contribution < 1.29 is 19.1 Å². The molecule has 0 saturated carbocycles. The number of ether oxygens (including phenoxy) is 2. The predicted octanol–water partition coefficient (Wildman–Crippen LogP) is 3.38. The molecule has 0 unspecified atom stereocenters. The summed E-state index contributed by atoms with van der Waals surface area (Å²) in [7, 11) is 3.18. The van der Waals surface area contributed by atoms with Gasteiger partial charge in [-0.3, -0.25) is 14.5 Å². The highest BCUT2D eigenvalue weighted by Crippen LogP contribution is 2.35. The fourth-order valence-corrected chi connectivity index (χ4v) is 4.57. The number of methoxy groups -OCH3 is 2. The van der Waals surface area contributed by atoms with E-state index in [0.717, 1.165) is 37.9 Å². The van der Waals surface area contributed by atoms with Crippen LogP contribution in [0, 0.1) is 5.92 Å². The number of imide groups is 1. The van der Waals surface area contributed by atoms with Crippen molar-refractivity contribution in [2.24, 2.45) is 5.92 Å². The van der Waals surface area contributed by atoms with Crippen LogP contribution in [0.25, 0.3) is 5.57 Å². The van der Waals surface area contributed by atoms with Crippen molar-refractivity contribution in [2.75, 3.05) is 40.5 Å². The molecule has 0 atom stereocenters. The SMILES string of the molecule is COCCN1C(=O)C(c2ccc(OC)cc2)=C(N2CCC(Cc3ccccc3)CC2)C1=O. The molecule has 2 aromatic carbocycles. The Kier molecular flexibility index (Phi) is 6.90. The average molecular weight is 435 g/mol. The van der Waals surface area contributed by atoms with E-state index in [2.05, 4.69) is 29.2 Å². The van der Waals surface area contributed by atoms with Gasteiger partial charge in [-0.2, -0.15) is 0 Å². The van der Waals surface area contributed by atoms with Crippen molar-refractivity contribution in [2.45, 2.75) is 19.3 Å². The van der Waals surface area contributed by atoms with Crippen LogP contribution in [0.1, 0.15) is 24.0 Å². The van der Waals surface area contributed by atoms with Crippen LogP contribution in [0.4, 0.5) is 0 Å². The first-order valence-corrected chi connectivity index (χ1v) is 11.1. The van der Waals surface area contributed by atoms with Gasteiger partial charge in [-0.25, -0.2) is 0 Å². The summed E-state index contributed by atoms with van der Waals surface area (Å²) >= 11 is 0. The molecule has 0 spiro atoms. The first-order valence-electron chi connectivity index (χ1n) is 11.1. The fraction of sp³-hybridized carbons (Fsp3) is 0.385. The molecule has 0 aliphatic carbocycles. The van der Waals surface area contributed by atoms with Gasteiger partial charge in [0.2, 0.25) is 0 Å². The molecule has 32 heavy (non-hydrogen) atoms. The molecule has 6 heteroatoms. The van der Waals surface area contributed by atoms with Crippen LogP contribution in [0.5, 0.6) is 5.75 Å². The third-order valence-electron chi connectivity index (χ3n) is 6.34. The van der Waals surface area contributed by atoms with Gasteiger partial charge < -0.3 is 14.4 Å². The number of hydrogen-bond acceptors (Lipinski definition) is 5. The van der Waals surface area contributed by atoms with E-state index in [1.54, 1.807) is 14.2 Å². The smallest absolute Gasteiger partial charge is 0.277 e. The second-order valence-electron chi connectivity index (χ2n) is 8.33. The molecule has 0 N–H and O–H groups in total. The molecule has 0 bridgehead atoms. The molecule has 2 aromatic rings. The van der Waals surface area contributed by atoms with E-state index in [4.69, 9.17) is 9.47 Å². The third-order valence-corrected chi connectivity index (χ3v) is 6.34. The summed E-state index contributed by atoms with van der Waals surface area (Å²) < 4.78 is 10.4. The molecule has 168 valence electrons. The second kappa shape index (κ2) is 10.0. The number of carbonyl (C=O) groups excluding carboxylic acids is 2. The Morgan fingerprint density at radius 1 is 0.906 bits per heavy atom. The average Bonchev–Trinajstić information content (AvgIpc) is 3.08. The Hall–Kier alpha value is -3.12. The van der Waals surface area contributed by atoms with Crippen LogP contribution < -0.4 is 4.74 Å². The van der Waals surface area contributed by atoms with Crippen LogP contribution >= 0.6 is 0 Å². The van der Waals surface area contributed by atoms with Crippen LogP contribution in [0.2, 0.25) is 0 Å². The van der Waals surface area contributed by atoms with Gasteiger partial charge in [0, 0.05) is 20.2 Å². The molecular formula is C26H30N2O4. The van der Waals surface area contributed by atoms with Gasteiger partial charge in [-0.05, 0) is 48.4 Å². The number of benzene rings is 2. The Morgan fingerprint density at radius 3 is 2.22 bits per heavy atom. The molecule has 4 rings (SSSR count). The topological polar surface area (TPSA) is 59.1 Å². The lowest BCUT2D eigenvalue weighted by Gasteiger charge is -2.34. The molecule has 0 aromatic heterocycles. The molecule has 0 radical (unpaired) electrons. The molecule has 1 fully saturated rings. The maximum Gasteiger partial charge on any atom is 0.277 e. The molecule has 2 heterocycles. The highest BCUT2D eigenvalue weighted by atomic mass is 16.5. The quantitative estimate of drug-likeness (QED) is 0.596. The number of likely N-dealkylation sites (tertiary alicyclic amines) is 1. The van der Waals surface area contributed by atoms with Crippen molar-refractivity contribution in [3.05, 3.63) is 71.4 Å². The van der Waals surface area contributed by atoms with Crippen molar-refractivity contribution in [1.29, 1.82) is 0 Å². The Balaban J connectivity index is 1.57. The lowest BCUT2D eigenvalue weighted by atomic mass is 9.89. The van der Waals surface area contributed by atoms with Gasteiger partial charge in [0.05, 0.1) is 25.8 Å². The maximum atomic E-state index is 13.3. The van der Waals surface area contributed by atoms with Gasteiger partial charge in [0.1, 0.15) is 11.4 Å². The minimum absolute atomic E-state index is 0.223. The van der Waals surface area contributed by atoms with Crippen LogP contribution in [0.15, 0.2) is 60.3 Å². The maximum absolute atomic E-state index is 13.3. The highest BCUT2D eigenvalue weighted by Gasteiger charge is 2.42. The summed E-state index contributed by atoms with van der Waals surface area (Å²) in [4.78, 5) is 30.0. The van der Waals surface area contributed by atoms with E-state index in [9.17, 15) is 9.59 Å². The molecule has 2 aliphatic rings. The number of rotatable bonds is 8. The van der Waals surface area contributed by atoms with Crippen LogP contribution in [-0.4, -0.2) is 62.1 Å². The van der Waals surface area contributed by atoms with E-state index in [0.29, 0.717) is 29.5 Å². The van der Waals surface area contributed by atoms with E-state index in [1.165, 1.54) is 10.5 Å². The fourth-order valence-electron chi connectivity index (χ4n) is 4.57. The van der Waals surface area contributed by atoms with Gasteiger partial charge in [0.15, 0.2) is 0 Å². The van der Waals surface area contributed by atoms with Crippen molar-refractivity contribution >= 4 is 17.4 Å².